The molecule has 0 saturated carbocycles. The van der Waals surface area contributed by atoms with Crippen LogP contribution in [-0.4, -0.2) is 33.4 Å². The highest BCUT2D eigenvalue weighted by Crippen LogP contribution is 2.27. The smallest absolute Gasteiger partial charge is 0.338 e. The molecule has 0 bridgehead atoms. The van der Waals surface area contributed by atoms with E-state index in [2.05, 4.69) is 0 Å². The lowest BCUT2D eigenvalue weighted by Gasteiger charge is -2.30. The van der Waals surface area contributed by atoms with Crippen molar-refractivity contribution in [3.05, 3.63) is 35.4 Å². The third-order valence-corrected chi connectivity index (χ3v) is 3.97. The number of carboxylic acid groups (broad SMARTS) is 1. The van der Waals surface area contributed by atoms with Gasteiger partial charge in [-0.1, -0.05) is 26.0 Å². The molecule has 5 heteroatoms. The van der Waals surface area contributed by atoms with Crippen molar-refractivity contribution >= 4 is 11.9 Å². The number of hydrogen-bond donors (Lipinski definition) is 2. The van der Waals surface area contributed by atoms with E-state index in [9.17, 15) is 14.7 Å². The Morgan fingerprint density at radius 1 is 1.12 bits per heavy atom. The monoisotopic (exact) mass is 336 g/mol. The Labute approximate surface area is 143 Å². The molecule has 0 aliphatic rings. The molecule has 1 rings (SSSR count). The van der Waals surface area contributed by atoms with Crippen LogP contribution < -0.4 is 0 Å². The van der Waals surface area contributed by atoms with Crippen molar-refractivity contribution in [1.82, 2.24) is 0 Å². The number of ether oxygens (including phenoxy) is 1. The van der Waals surface area contributed by atoms with Crippen LogP contribution in [0.15, 0.2) is 24.3 Å². The molecule has 2 N–H and O–H groups in total. The minimum absolute atomic E-state index is 0.158. The summed E-state index contributed by atoms with van der Waals surface area (Å²) in [4.78, 5) is 22.9. The van der Waals surface area contributed by atoms with Gasteiger partial charge >= 0.3 is 11.9 Å². The average molecular weight is 336 g/mol. The zero-order valence-electron chi connectivity index (χ0n) is 15.1. The van der Waals surface area contributed by atoms with E-state index in [0.29, 0.717) is 18.4 Å². The first-order valence-electron chi connectivity index (χ1n) is 8.19. The fourth-order valence-corrected chi connectivity index (χ4v) is 2.35. The third kappa shape index (κ3) is 6.32. The Bertz CT molecular complexity index is 568. The van der Waals surface area contributed by atoms with Crippen LogP contribution in [-0.2, 0) is 16.0 Å². The van der Waals surface area contributed by atoms with Crippen molar-refractivity contribution in [3.63, 3.8) is 0 Å². The van der Waals surface area contributed by atoms with Crippen molar-refractivity contribution in [2.75, 3.05) is 0 Å². The van der Waals surface area contributed by atoms with Crippen LogP contribution in [0.5, 0.6) is 0 Å². The number of carboxylic acids is 1. The molecule has 0 saturated heterocycles. The highest BCUT2D eigenvalue weighted by molar-refractivity contribution is 5.89. The van der Waals surface area contributed by atoms with E-state index in [4.69, 9.17) is 9.84 Å². The van der Waals surface area contributed by atoms with Gasteiger partial charge in [-0.3, -0.25) is 4.79 Å². The molecule has 0 aromatic heterocycles. The van der Waals surface area contributed by atoms with E-state index in [-0.39, 0.29) is 18.3 Å². The second-order valence-electron chi connectivity index (χ2n) is 7.53. The van der Waals surface area contributed by atoms with Crippen LogP contribution in [0.25, 0.3) is 0 Å². The first-order chi connectivity index (χ1) is 10.9. The van der Waals surface area contributed by atoms with Crippen molar-refractivity contribution in [2.45, 2.75) is 65.1 Å². The molecule has 1 unspecified atom stereocenters. The Morgan fingerprint density at radius 3 is 2.08 bits per heavy atom. The van der Waals surface area contributed by atoms with Crippen molar-refractivity contribution in [2.24, 2.45) is 5.92 Å². The van der Waals surface area contributed by atoms with Crippen molar-refractivity contribution in [3.8, 4) is 0 Å². The molecular formula is C19H28O5. The molecule has 0 spiro atoms. The Kier molecular flexibility index (Phi) is 6.55. The zero-order chi connectivity index (χ0) is 18.5. The number of aryl methyl sites for hydroxylation is 1. The van der Waals surface area contributed by atoms with Gasteiger partial charge in [0, 0.05) is 0 Å². The normalized spacial score (nSPS) is 14.3. The second-order valence-corrected chi connectivity index (χ2v) is 7.53. The Balaban J connectivity index is 2.73. The van der Waals surface area contributed by atoms with E-state index in [1.165, 1.54) is 0 Å². The van der Waals surface area contributed by atoms with Gasteiger partial charge in [-0.15, -0.1) is 0 Å². The van der Waals surface area contributed by atoms with Gasteiger partial charge in [-0.05, 0) is 57.2 Å². The van der Waals surface area contributed by atoms with Crippen molar-refractivity contribution < 1.29 is 24.5 Å². The topological polar surface area (TPSA) is 83.8 Å². The highest BCUT2D eigenvalue weighted by atomic mass is 16.6. The number of aliphatic carboxylic acids is 1. The van der Waals surface area contributed by atoms with E-state index < -0.39 is 17.2 Å². The minimum Gasteiger partial charge on any atom is -0.481 e. The van der Waals surface area contributed by atoms with E-state index in [0.717, 1.165) is 5.56 Å². The highest BCUT2D eigenvalue weighted by Gasteiger charge is 2.33. The quantitative estimate of drug-likeness (QED) is 0.745. The molecule has 5 nitrogen and oxygen atoms in total. The third-order valence-electron chi connectivity index (χ3n) is 3.97. The molecule has 0 heterocycles. The van der Waals surface area contributed by atoms with Gasteiger partial charge in [0.05, 0.1) is 17.6 Å². The summed E-state index contributed by atoms with van der Waals surface area (Å²) in [5.74, 6) is -1.54. The summed E-state index contributed by atoms with van der Waals surface area (Å²) in [5, 5.41) is 19.5. The van der Waals surface area contributed by atoms with Crippen LogP contribution in [0.4, 0.5) is 0 Å². The first kappa shape index (κ1) is 20.2. The van der Waals surface area contributed by atoms with Crippen LogP contribution in [0, 0.1) is 5.92 Å². The molecule has 1 aromatic carbocycles. The van der Waals surface area contributed by atoms with E-state index >= 15 is 0 Å². The van der Waals surface area contributed by atoms with Gasteiger partial charge in [0.25, 0.3) is 0 Å². The summed E-state index contributed by atoms with van der Waals surface area (Å²) in [6.07, 6.45) is 0.611. The summed E-state index contributed by atoms with van der Waals surface area (Å²) >= 11 is 0. The Hall–Kier alpha value is -1.88. The maximum atomic E-state index is 12.0. The zero-order valence-corrected chi connectivity index (χ0v) is 15.1. The molecule has 0 radical (unpaired) electrons. The largest absolute Gasteiger partial charge is 0.481 e. The minimum atomic E-state index is -1.24. The number of carbonyl (C=O) groups excluding carboxylic acids is 1. The summed E-state index contributed by atoms with van der Waals surface area (Å²) in [6, 6.07) is 6.99. The predicted molar refractivity (Wildman–Crippen MR) is 92.0 cm³/mol. The Morgan fingerprint density at radius 2 is 1.67 bits per heavy atom. The first-order valence-corrected chi connectivity index (χ1v) is 8.19. The van der Waals surface area contributed by atoms with E-state index in [1.54, 1.807) is 24.3 Å². The van der Waals surface area contributed by atoms with Crippen LogP contribution in [0.2, 0.25) is 0 Å². The summed E-state index contributed by atoms with van der Waals surface area (Å²) in [5.41, 5.74) is -0.374. The van der Waals surface area contributed by atoms with Gasteiger partial charge in [0.2, 0.25) is 0 Å². The van der Waals surface area contributed by atoms with E-state index in [1.807, 2.05) is 34.6 Å². The second kappa shape index (κ2) is 7.79. The molecule has 0 aliphatic heterocycles. The number of carbonyl (C=O) groups is 2. The van der Waals surface area contributed by atoms with Crippen LogP contribution in [0.1, 0.15) is 63.4 Å². The molecule has 24 heavy (non-hydrogen) atoms. The lowest BCUT2D eigenvalue weighted by molar-refractivity contribution is -0.145. The number of rotatable bonds is 7. The molecule has 0 amide bonds. The van der Waals surface area contributed by atoms with Gasteiger partial charge in [-0.2, -0.15) is 0 Å². The molecule has 134 valence electrons. The summed E-state index contributed by atoms with van der Waals surface area (Å²) < 4.78 is 5.31. The fourth-order valence-electron chi connectivity index (χ4n) is 2.35. The van der Waals surface area contributed by atoms with Crippen LogP contribution in [0.3, 0.4) is 0 Å². The van der Waals surface area contributed by atoms with Gasteiger partial charge in [0.1, 0.15) is 5.60 Å². The maximum Gasteiger partial charge on any atom is 0.338 e. The average Bonchev–Trinajstić information content (AvgIpc) is 2.43. The number of hydrogen-bond acceptors (Lipinski definition) is 4. The van der Waals surface area contributed by atoms with Crippen molar-refractivity contribution in [1.29, 1.82) is 0 Å². The lowest BCUT2D eigenvalue weighted by atomic mass is 9.82. The fraction of sp³-hybridized carbons (Fsp3) is 0.579. The number of aliphatic hydroxyl groups is 1. The summed E-state index contributed by atoms with van der Waals surface area (Å²) in [7, 11) is 0. The predicted octanol–water partition coefficient (Wildman–Crippen LogP) is 3.44. The molecular weight excluding hydrogens is 308 g/mol. The van der Waals surface area contributed by atoms with Gasteiger partial charge in [0.15, 0.2) is 0 Å². The molecule has 0 aliphatic carbocycles. The number of benzene rings is 1. The van der Waals surface area contributed by atoms with Gasteiger partial charge in [-0.25, -0.2) is 4.79 Å². The van der Waals surface area contributed by atoms with Gasteiger partial charge < -0.3 is 14.9 Å². The van der Waals surface area contributed by atoms with Crippen LogP contribution >= 0.6 is 0 Å². The molecule has 1 aromatic rings. The lowest BCUT2D eigenvalue weighted by Crippen LogP contribution is -2.38. The number of esters is 1. The molecule has 1 atom stereocenters. The summed E-state index contributed by atoms with van der Waals surface area (Å²) in [6.45, 7) is 9.07. The SMILES string of the molecule is CC(C)C(O)(CCc1ccc(C(=O)OC(C)(C)C)cc1)CC(=O)O. The molecule has 0 fully saturated rings. The maximum absolute atomic E-state index is 12.0. The standard InChI is InChI=1S/C19H28O5/c1-13(2)19(23,12-16(20)21)11-10-14-6-8-15(9-7-14)17(22)24-18(3,4)5/h6-9,13,23H,10-12H2,1-5H3,(H,20,21).